The van der Waals surface area contributed by atoms with Crippen molar-refractivity contribution >= 4 is 11.8 Å². The summed E-state index contributed by atoms with van der Waals surface area (Å²) in [4.78, 5) is 12.9. The second-order valence-electron chi connectivity index (χ2n) is 3.48. The van der Waals surface area contributed by atoms with Gasteiger partial charge in [-0.25, -0.2) is 15.0 Å². The molecule has 0 unspecified atom stereocenters. The number of aliphatic imine (C=N–C) groups is 2. The zero-order valence-corrected chi connectivity index (χ0v) is 13.6. The minimum absolute atomic E-state index is 0. The Balaban J connectivity index is 0. The summed E-state index contributed by atoms with van der Waals surface area (Å²) < 4.78 is 10.7. The number of aromatic nitrogens is 1. The van der Waals surface area contributed by atoms with Gasteiger partial charge in [-0.15, -0.1) is 0 Å². The van der Waals surface area contributed by atoms with E-state index in [1.165, 1.54) is 0 Å². The molecule has 0 spiro atoms. The normalized spacial score (nSPS) is 15.0. The smallest absolute Gasteiger partial charge is 1.00 e. The van der Waals surface area contributed by atoms with Crippen molar-refractivity contribution in [2.75, 3.05) is 26.3 Å². The fraction of sp³-hybridized carbons (Fsp3) is 0.364. The van der Waals surface area contributed by atoms with Crippen LogP contribution in [-0.2, 0) is 26.5 Å². The van der Waals surface area contributed by atoms with Gasteiger partial charge in [-0.2, -0.15) is 0 Å². The minimum Gasteiger partial charge on any atom is -1.00 e. The van der Waals surface area contributed by atoms with Crippen molar-refractivity contribution in [2.24, 2.45) is 9.98 Å². The number of hydrogen-bond donors (Lipinski definition) is 0. The Morgan fingerprint density at radius 1 is 0.800 bits per heavy atom. The van der Waals surface area contributed by atoms with Gasteiger partial charge in [0.25, 0.3) is 0 Å². The maximum atomic E-state index is 5.36. The first-order valence-electron chi connectivity index (χ1n) is 5.26. The molecule has 0 bridgehead atoms. The molecule has 3 heterocycles. The molecule has 0 aliphatic carbocycles. The van der Waals surface area contributed by atoms with Crippen molar-refractivity contribution in [2.45, 2.75) is 0 Å². The van der Waals surface area contributed by atoms with Crippen LogP contribution in [-0.4, -0.2) is 43.1 Å². The molecule has 0 amide bonds. The van der Waals surface area contributed by atoms with Crippen molar-refractivity contribution in [1.29, 1.82) is 0 Å². The van der Waals surface area contributed by atoms with Crippen molar-refractivity contribution in [3.8, 4) is 0 Å². The van der Waals surface area contributed by atoms with Crippen LogP contribution in [0.3, 0.4) is 0 Å². The number of nitrogens with zero attached hydrogens (tertiary/aromatic N) is 3. The number of pyridine rings is 1. The first-order valence-corrected chi connectivity index (χ1v) is 5.26. The first-order chi connectivity index (χ1) is 7.93. The van der Waals surface area contributed by atoms with Crippen LogP contribution in [0.2, 0.25) is 0 Å². The number of ether oxygens (including phenoxy) is 2. The molecule has 0 saturated heterocycles. The van der Waals surface area contributed by atoms with Crippen molar-refractivity contribution < 1.29 is 63.8 Å². The predicted octanol–water partition coefficient (Wildman–Crippen LogP) is -8.36. The third kappa shape index (κ3) is 4.79. The summed E-state index contributed by atoms with van der Waals surface area (Å²) in [6.45, 7) is 2.69. The van der Waals surface area contributed by atoms with Gasteiger partial charge in [0.15, 0.2) is 0 Å². The van der Waals surface area contributed by atoms with Crippen molar-refractivity contribution in [3.63, 3.8) is 0 Å². The summed E-state index contributed by atoms with van der Waals surface area (Å²) in [5, 5.41) is 0. The summed E-state index contributed by atoms with van der Waals surface area (Å²) >= 11 is 0. The molecule has 111 valence electrons. The van der Waals surface area contributed by atoms with Crippen LogP contribution in [0.5, 0.6) is 0 Å². The minimum atomic E-state index is 0. The van der Waals surface area contributed by atoms with Crippen LogP contribution in [0.4, 0.5) is 0 Å². The molecule has 0 N–H and O–H groups in total. The van der Waals surface area contributed by atoms with Gasteiger partial charge in [-0.05, 0) is 12.1 Å². The standard InChI is InChI=1S/C11H11N3O2.3ClH.Fe/c1-2-8(10-12-4-6-15-10)14-9(3-1)11-13-5-7-16-11;;;;/h1-3H,4-7H2;3*1H;/q;;;;+3/p-3. The molecular weight excluding hydrogens is 368 g/mol. The molecule has 0 fully saturated rings. The van der Waals surface area contributed by atoms with Gasteiger partial charge in [0.1, 0.15) is 24.6 Å². The van der Waals surface area contributed by atoms with Gasteiger partial charge >= 0.3 is 17.1 Å². The zero-order chi connectivity index (χ0) is 10.8. The number of halogens is 3. The molecule has 0 aromatic carbocycles. The quantitative estimate of drug-likeness (QED) is 0.480. The molecule has 2 aliphatic heterocycles. The van der Waals surface area contributed by atoms with Crippen LogP contribution in [0, 0.1) is 0 Å². The number of hydrogen-bond acceptors (Lipinski definition) is 5. The first kappa shape index (κ1) is 21.8. The average Bonchev–Trinajstić information content (AvgIpc) is 3.03. The van der Waals surface area contributed by atoms with Crippen LogP contribution in [0.1, 0.15) is 11.4 Å². The zero-order valence-electron chi connectivity index (χ0n) is 10.2. The van der Waals surface area contributed by atoms with Crippen LogP contribution < -0.4 is 37.2 Å². The van der Waals surface area contributed by atoms with E-state index in [0.717, 1.165) is 11.4 Å². The molecular formula is C11H11Cl3FeN3O2. The Morgan fingerprint density at radius 2 is 1.25 bits per heavy atom. The SMILES string of the molecule is [Cl-].[Cl-].[Cl-].[Fe+3].c1cc(C2=NCCO2)nc(C2=NCCO2)c1. The summed E-state index contributed by atoms with van der Waals surface area (Å²) in [5.41, 5.74) is 1.49. The van der Waals surface area contributed by atoms with Crippen LogP contribution in [0.15, 0.2) is 28.2 Å². The van der Waals surface area contributed by atoms with E-state index in [0.29, 0.717) is 38.1 Å². The Labute approximate surface area is 146 Å². The van der Waals surface area contributed by atoms with Gasteiger partial charge in [0.05, 0.1) is 13.1 Å². The fourth-order valence-electron chi connectivity index (χ4n) is 1.65. The van der Waals surface area contributed by atoms with Gasteiger partial charge in [-0.1, -0.05) is 6.07 Å². The van der Waals surface area contributed by atoms with Gasteiger partial charge in [0, 0.05) is 0 Å². The Hall–Kier alpha value is -0.521. The Bertz CT molecular complexity index is 446. The maximum absolute atomic E-state index is 5.36. The van der Waals surface area contributed by atoms with E-state index < -0.39 is 0 Å². The Morgan fingerprint density at radius 3 is 1.60 bits per heavy atom. The predicted molar refractivity (Wildman–Crippen MR) is 58.9 cm³/mol. The molecule has 3 rings (SSSR count). The van der Waals surface area contributed by atoms with E-state index in [1.54, 1.807) is 0 Å². The van der Waals surface area contributed by atoms with Gasteiger partial charge < -0.3 is 46.7 Å². The van der Waals surface area contributed by atoms with Crippen molar-refractivity contribution in [3.05, 3.63) is 29.6 Å². The molecule has 9 heteroatoms. The number of rotatable bonds is 2. The molecule has 1 aromatic heterocycles. The Kier molecular flexibility index (Phi) is 11.1. The maximum Gasteiger partial charge on any atom is 3.00 e. The van der Waals surface area contributed by atoms with Gasteiger partial charge in [-0.3, -0.25) is 0 Å². The van der Waals surface area contributed by atoms with E-state index in [9.17, 15) is 0 Å². The van der Waals surface area contributed by atoms with E-state index in [1.807, 2.05) is 18.2 Å². The second-order valence-corrected chi connectivity index (χ2v) is 3.48. The summed E-state index contributed by atoms with van der Waals surface area (Å²) in [5.74, 6) is 1.22. The summed E-state index contributed by atoms with van der Waals surface area (Å²) in [6.07, 6.45) is 0. The van der Waals surface area contributed by atoms with Crippen LogP contribution in [0.25, 0.3) is 0 Å². The molecule has 5 nitrogen and oxygen atoms in total. The van der Waals surface area contributed by atoms with Crippen molar-refractivity contribution in [1.82, 2.24) is 4.98 Å². The second kappa shape index (κ2) is 10.2. The van der Waals surface area contributed by atoms with E-state index in [2.05, 4.69) is 15.0 Å². The summed E-state index contributed by atoms with van der Waals surface area (Å²) in [6, 6.07) is 5.67. The van der Waals surface area contributed by atoms with Gasteiger partial charge in [0.2, 0.25) is 11.8 Å². The fourth-order valence-corrected chi connectivity index (χ4v) is 1.65. The van der Waals surface area contributed by atoms with E-state index in [4.69, 9.17) is 9.47 Å². The third-order valence-electron chi connectivity index (χ3n) is 2.36. The summed E-state index contributed by atoms with van der Waals surface area (Å²) in [7, 11) is 0. The molecule has 0 saturated carbocycles. The van der Waals surface area contributed by atoms with Crippen LogP contribution >= 0.6 is 0 Å². The molecule has 20 heavy (non-hydrogen) atoms. The molecule has 2 aliphatic rings. The third-order valence-corrected chi connectivity index (χ3v) is 2.36. The molecule has 0 atom stereocenters. The topological polar surface area (TPSA) is 56.1 Å². The average molecular weight is 379 g/mol. The molecule has 1 aromatic rings. The largest absolute Gasteiger partial charge is 3.00 e. The van der Waals surface area contributed by atoms with E-state index in [-0.39, 0.29) is 54.3 Å². The molecule has 1 radical (unpaired) electrons. The monoisotopic (exact) mass is 378 g/mol. The van der Waals surface area contributed by atoms with E-state index >= 15 is 0 Å².